The van der Waals surface area contributed by atoms with Crippen LogP contribution in [0.25, 0.3) is 0 Å². The summed E-state index contributed by atoms with van der Waals surface area (Å²) in [6.07, 6.45) is -0.0767. The van der Waals surface area contributed by atoms with Crippen molar-refractivity contribution < 1.29 is 9.90 Å². The van der Waals surface area contributed by atoms with Crippen molar-refractivity contribution in [2.75, 3.05) is 6.54 Å². The van der Waals surface area contributed by atoms with Crippen molar-refractivity contribution in [2.45, 2.75) is 25.4 Å². The number of carboxylic acid groups (broad SMARTS) is 1. The van der Waals surface area contributed by atoms with Gasteiger partial charge in [-0.05, 0) is 13.3 Å². The molecule has 0 bridgehead atoms. The summed E-state index contributed by atoms with van der Waals surface area (Å²) in [5.41, 5.74) is 5.55. The minimum Gasteiger partial charge on any atom is -0.465 e. The summed E-state index contributed by atoms with van der Waals surface area (Å²) in [5.74, 6) is 0. The molecule has 0 aromatic heterocycles. The standard InChI is InChI=1S/C6H12N2O2/c1-4-2-5(7)3-8(4)6(9)10/h4-5H,2-3,7H2,1H3,(H,9,10)/t4-,5-/m1/s1. The molecule has 0 aromatic rings. The summed E-state index contributed by atoms with van der Waals surface area (Å²) in [5, 5.41) is 8.57. The molecule has 1 fully saturated rings. The Bertz CT molecular complexity index is 149. The van der Waals surface area contributed by atoms with Crippen molar-refractivity contribution in [3.63, 3.8) is 0 Å². The largest absolute Gasteiger partial charge is 0.465 e. The molecule has 1 amide bonds. The van der Waals surface area contributed by atoms with Crippen LogP contribution in [0.2, 0.25) is 0 Å². The molecule has 2 atom stereocenters. The van der Waals surface area contributed by atoms with E-state index in [0.29, 0.717) is 6.54 Å². The van der Waals surface area contributed by atoms with Crippen LogP contribution in [0.4, 0.5) is 4.79 Å². The molecule has 0 saturated carbocycles. The zero-order valence-electron chi connectivity index (χ0n) is 5.95. The minimum atomic E-state index is -0.861. The molecular weight excluding hydrogens is 132 g/mol. The van der Waals surface area contributed by atoms with Gasteiger partial charge in [-0.25, -0.2) is 4.79 Å². The molecule has 1 rings (SSSR count). The normalized spacial score (nSPS) is 32.8. The summed E-state index contributed by atoms with van der Waals surface area (Å²) in [7, 11) is 0. The lowest BCUT2D eigenvalue weighted by atomic mass is 10.2. The fourth-order valence-corrected chi connectivity index (χ4v) is 1.34. The average Bonchev–Trinajstić information content (AvgIpc) is 2.10. The van der Waals surface area contributed by atoms with Crippen molar-refractivity contribution >= 4 is 6.09 Å². The summed E-state index contributed by atoms with van der Waals surface area (Å²) in [6.45, 7) is 2.36. The van der Waals surface area contributed by atoms with Crippen molar-refractivity contribution in [1.29, 1.82) is 0 Å². The summed E-state index contributed by atoms with van der Waals surface area (Å²) in [6, 6.07) is 0.124. The van der Waals surface area contributed by atoms with Gasteiger partial charge in [-0.2, -0.15) is 0 Å². The average molecular weight is 144 g/mol. The Balaban J connectivity index is 2.54. The van der Waals surface area contributed by atoms with Gasteiger partial charge in [0.2, 0.25) is 0 Å². The highest BCUT2D eigenvalue weighted by molar-refractivity contribution is 5.65. The Labute approximate surface area is 59.6 Å². The highest BCUT2D eigenvalue weighted by Gasteiger charge is 2.29. The maximum absolute atomic E-state index is 10.4. The third kappa shape index (κ3) is 1.21. The van der Waals surface area contributed by atoms with Gasteiger partial charge in [0.15, 0.2) is 0 Å². The van der Waals surface area contributed by atoms with Gasteiger partial charge in [0, 0.05) is 18.6 Å². The van der Waals surface area contributed by atoms with Gasteiger partial charge in [-0.3, -0.25) is 0 Å². The molecule has 1 heterocycles. The molecule has 1 saturated heterocycles. The van der Waals surface area contributed by atoms with Crippen LogP contribution in [-0.2, 0) is 0 Å². The molecule has 0 aromatic carbocycles. The van der Waals surface area contributed by atoms with Gasteiger partial charge < -0.3 is 15.7 Å². The lowest BCUT2D eigenvalue weighted by Crippen LogP contribution is -2.33. The van der Waals surface area contributed by atoms with E-state index in [0.717, 1.165) is 6.42 Å². The van der Waals surface area contributed by atoms with Gasteiger partial charge in [0.05, 0.1) is 0 Å². The number of likely N-dealkylation sites (tertiary alicyclic amines) is 1. The molecule has 10 heavy (non-hydrogen) atoms. The number of hydrogen-bond acceptors (Lipinski definition) is 2. The third-order valence-electron chi connectivity index (χ3n) is 1.85. The van der Waals surface area contributed by atoms with E-state index >= 15 is 0 Å². The first-order chi connectivity index (χ1) is 4.61. The van der Waals surface area contributed by atoms with Crippen molar-refractivity contribution in [2.24, 2.45) is 5.73 Å². The SMILES string of the molecule is C[C@@H]1C[C@@H](N)CN1C(=O)O. The van der Waals surface area contributed by atoms with E-state index in [1.54, 1.807) is 0 Å². The molecule has 0 aliphatic carbocycles. The van der Waals surface area contributed by atoms with E-state index in [2.05, 4.69) is 0 Å². The molecule has 58 valence electrons. The molecular formula is C6H12N2O2. The summed E-state index contributed by atoms with van der Waals surface area (Å²) in [4.78, 5) is 11.8. The quantitative estimate of drug-likeness (QED) is 0.506. The number of carbonyl (C=O) groups is 1. The van der Waals surface area contributed by atoms with E-state index in [1.165, 1.54) is 4.90 Å². The van der Waals surface area contributed by atoms with Crippen molar-refractivity contribution in [3.8, 4) is 0 Å². The summed E-state index contributed by atoms with van der Waals surface area (Å²) >= 11 is 0. The van der Waals surface area contributed by atoms with Crippen molar-refractivity contribution in [1.82, 2.24) is 4.90 Å². The molecule has 4 heteroatoms. The lowest BCUT2D eigenvalue weighted by molar-refractivity contribution is 0.143. The van der Waals surface area contributed by atoms with Crippen LogP contribution >= 0.6 is 0 Å². The molecule has 0 spiro atoms. The smallest absolute Gasteiger partial charge is 0.407 e. The molecule has 1 aliphatic heterocycles. The monoisotopic (exact) mass is 144 g/mol. The lowest BCUT2D eigenvalue weighted by Gasteiger charge is -2.15. The van der Waals surface area contributed by atoms with Crippen LogP contribution in [0.5, 0.6) is 0 Å². The van der Waals surface area contributed by atoms with Crippen LogP contribution < -0.4 is 5.73 Å². The fourth-order valence-electron chi connectivity index (χ4n) is 1.34. The Hall–Kier alpha value is -0.770. The van der Waals surface area contributed by atoms with Crippen molar-refractivity contribution in [3.05, 3.63) is 0 Å². The second-order valence-electron chi connectivity index (χ2n) is 2.78. The Morgan fingerprint density at radius 2 is 2.40 bits per heavy atom. The number of hydrogen-bond donors (Lipinski definition) is 2. The first kappa shape index (κ1) is 7.34. The first-order valence-corrected chi connectivity index (χ1v) is 3.36. The van der Waals surface area contributed by atoms with Gasteiger partial charge >= 0.3 is 6.09 Å². The minimum absolute atomic E-state index is 0.0334. The Morgan fingerprint density at radius 3 is 2.60 bits per heavy atom. The maximum Gasteiger partial charge on any atom is 0.407 e. The second kappa shape index (κ2) is 2.46. The molecule has 1 aliphatic rings. The number of nitrogens with zero attached hydrogens (tertiary/aromatic N) is 1. The van der Waals surface area contributed by atoms with E-state index < -0.39 is 6.09 Å². The van der Waals surface area contributed by atoms with E-state index in [1.807, 2.05) is 6.92 Å². The third-order valence-corrected chi connectivity index (χ3v) is 1.85. The van der Waals surface area contributed by atoms with Crippen LogP contribution in [-0.4, -0.2) is 34.7 Å². The van der Waals surface area contributed by atoms with Crippen LogP contribution in [0.3, 0.4) is 0 Å². The topological polar surface area (TPSA) is 66.6 Å². The Kier molecular flexibility index (Phi) is 1.80. The van der Waals surface area contributed by atoms with Crippen LogP contribution in [0.1, 0.15) is 13.3 Å². The molecule has 0 unspecified atom stereocenters. The zero-order valence-corrected chi connectivity index (χ0v) is 5.95. The zero-order chi connectivity index (χ0) is 7.72. The van der Waals surface area contributed by atoms with E-state index in [9.17, 15) is 4.79 Å². The second-order valence-corrected chi connectivity index (χ2v) is 2.78. The predicted octanol–water partition coefficient (Wildman–Crippen LogP) is 0.0859. The fraction of sp³-hybridized carbons (Fsp3) is 0.833. The number of rotatable bonds is 0. The molecule has 3 N–H and O–H groups in total. The maximum atomic E-state index is 10.4. The Morgan fingerprint density at radius 1 is 1.80 bits per heavy atom. The van der Waals surface area contributed by atoms with Crippen LogP contribution in [0.15, 0.2) is 0 Å². The van der Waals surface area contributed by atoms with Gasteiger partial charge in [-0.1, -0.05) is 0 Å². The van der Waals surface area contributed by atoms with Gasteiger partial charge in [-0.15, -0.1) is 0 Å². The van der Waals surface area contributed by atoms with Gasteiger partial charge in [0.25, 0.3) is 0 Å². The van der Waals surface area contributed by atoms with Gasteiger partial charge in [0.1, 0.15) is 0 Å². The highest BCUT2D eigenvalue weighted by Crippen LogP contribution is 2.14. The summed E-state index contributed by atoms with van der Waals surface area (Å²) < 4.78 is 0. The number of nitrogens with two attached hydrogens (primary N) is 1. The van der Waals surface area contributed by atoms with E-state index in [-0.39, 0.29) is 12.1 Å². The first-order valence-electron chi connectivity index (χ1n) is 3.36. The number of amides is 1. The molecule has 0 radical (unpaired) electrons. The predicted molar refractivity (Wildman–Crippen MR) is 36.8 cm³/mol. The molecule has 4 nitrogen and oxygen atoms in total. The van der Waals surface area contributed by atoms with E-state index in [4.69, 9.17) is 10.8 Å². The highest BCUT2D eigenvalue weighted by atomic mass is 16.4. The van der Waals surface area contributed by atoms with Crippen LogP contribution in [0, 0.1) is 0 Å².